The molecule has 5 heterocycles. The molecule has 4 aromatic rings. The summed E-state index contributed by atoms with van der Waals surface area (Å²) in [6.07, 6.45) is 4.71. The van der Waals surface area contributed by atoms with E-state index >= 15 is 0 Å². The molecule has 2 bridgehead atoms. The molecule has 3 aliphatic heterocycles. The first-order chi connectivity index (χ1) is 24.1. The predicted octanol–water partition coefficient (Wildman–Crippen LogP) is 5.11. The van der Waals surface area contributed by atoms with Crippen molar-refractivity contribution in [2.24, 2.45) is 5.92 Å². The largest absolute Gasteiger partial charge is 0.544 e. The molecule has 3 atom stereocenters. The second-order valence-electron chi connectivity index (χ2n) is 12.8. The van der Waals surface area contributed by atoms with Crippen LogP contribution in [0.2, 0.25) is 10.0 Å². The van der Waals surface area contributed by atoms with Crippen molar-refractivity contribution in [3.05, 3.63) is 109 Å². The maximum Gasteiger partial charge on any atom is 0.328 e. The number of methoxy groups -OCH3 is 2. The van der Waals surface area contributed by atoms with E-state index in [0.717, 1.165) is 59.7 Å². The Balaban J connectivity index is 1.34. The molecule has 264 valence electrons. The lowest BCUT2D eigenvalue weighted by atomic mass is 9.85. The third-order valence-electron chi connectivity index (χ3n) is 9.74. The Morgan fingerprint density at radius 2 is 1.74 bits per heavy atom. The van der Waals surface area contributed by atoms with E-state index in [1.807, 2.05) is 43.3 Å². The minimum Gasteiger partial charge on any atom is -0.544 e. The fraction of sp³-hybridized carbons (Fsp3) is 0.378. The normalized spacial score (nSPS) is 19.5. The van der Waals surface area contributed by atoms with Gasteiger partial charge in [-0.25, -0.2) is 4.79 Å². The molecule has 1 unspecified atom stereocenters. The second kappa shape index (κ2) is 15.6. The van der Waals surface area contributed by atoms with Gasteiger partial charge in [0.1, 0.15) is 22.2 Å². The molecule has 0 spiro atoms. The Labute approximate surface area is 305 Å². The lowest BCUT2D eigenvalue weighted by Crippen LogP contribution is -2.52. The van der Waals surface area contributed by atoms with E-state index in [1.54, 1.807) is 12.1 Å². The number of thiophene rings is 1. The van der Waals surface area contributed by atoms with E-state index in [9.17, 15) is 19.9 Å². The van der Waals surface area contributed by atoms with Crippen LogP contribution >= 0.6 is 34.5 Å². The van der Waals surface area contributed by atoms with Gasteiger partial charge in [-0.3, -0.25) is 15.4 Å². The molecule has 0 amide bonds. The van der Waals surface area contributed by atoms with Crippen LogP contribution in [0.15, 0.2) is 60.9 Å². The standard InChI is InChI=1S/C37H39Cl2N3O7S/c1-21-6-4-5-7-25(21)34(37(45)49-33-20-41-12-10-22(33)11-13-41)40-17-24-15-27(35(50-24)36(43)44)26(16-28-29(38)18-42(46)19-30(28)39)23-8-9-31(47-2)32(14-23)48-3/h4-9,14-15,18-19,22,26,33-34,40H,10-13,16-17,20H2,1-3H3,(H-,43,44,46)/t26-,33-,34?/m0/s1. The molecule has 3 saturated heterocycles. The van der Waals surface area contributed by atoms with Crippen molar-refractivity contribution >= 4 is 46.5 Å². The van der Waals surface area contributed by atoms with Crippen molar-refractivity contribution in [2.75, 3.05) is 33.9 Å². The number of rotatable bonds is 13. The van der Waals surface area contributed by atoms with Crippen LogP contribution in [0.3, 0.4) is 0 Å². The second-order valence-corrected chi connectivity index (χ2v) is 14.7. The minimum absolute atomic E-state index is 0.0317. The third kappa shape index (κ3) is 7.72. The van der Waals surface area contributed by atoms with E-state index in [-0.39, 0.29) is 40.0 Å². The van der Waals surface area contributed by atoms with Crippen LogP contribution in [0.25, 0.3) is 0 Å². The van der Waals surface area contributed by atoms with E-state index in [2.05, 4.69) is 10.2 Å². The third-order valence-corrected chi connectivity index (χ3v) is 11.5. The molecule has 3 aliphatic rings. The van der Waals surface area contributed by atoms with Crippen LogP contribution in [0.4, 0.5) is 0 Å². The van der Waals surface area contributed by atoms with Gasteiger partial charge < -0.3 is 24.1 Å². The maximum absolute atomic E-state index is 13.9. The Morgan fingerprint density at radius 1 is 1.04 bits per heavy atom. The van der Waals surface area contributed by atoms with E-state index < -0.39 is 17.9 Å². The zero-order valence-electron chi connectivity index (χ0n) is 28.0. The fourth-order valence-corrected chi connectivity index (χ4v) is 8.69. The molecule has 0 aliphatic carbocycles. The molecular weight excluding hydrogens is 701 g/mol. The molecule has 13 heteroatoms. The molecule has 3 fully saturated rings. The summed E-state index contributed by atoms with van der Waals surface area (Å²) in [5.41, 5.74) is 3.45. The van der Waals surface area contributed by atoms with Crippen molar-refractivity contribution in [3.8, 4) is 11.5 Å². The van der Waals surface area contributed by atoms with Gasteiger partial charge in [-0.1, -0.05) is 53.5 Å². The summed E-state index contributed by atoms with van der Waals surface area (Å²) in [5, 5.41) is 26.5. The van der Waals surface area contributed by atoms with Crippen LogP contribution in [0, 0.1) is 12.8 Å². The number of hydrogen-bond donors (Lipinski definition) is 2. The van der Waals surface area contributed by atoms with Gasteiger partial charge in [0.2, 0.25) is 12.4 Å². The number of ether oxygens (including phenoxy) is 3. The fourth-order valence-electron chi connectivity index (χ4n) is 7.07. The number of carbonyl (C=O) groups is 2. The van der Waals surface area contributed by atoms with Crippen molar-refractivity contribution in [1.82, 2.24) is 10.2 Å². The number of esters is 1. The number of carboxylic acids is 1. The summed E-state index contributed by atoms with van der Waals surface area (Å²) >= 11 is 14.2. The molecule has 7 rings (SSSR count). The maximum atomic E-state index is 13.9. The number of aryl methyl sites for hydroxylation is 1. The molecule has 0 radical (unpaired) electrons. The first-order valence-corrected chi connectivity index (χ1v) is 18.0. The van der Waals surface area contributed by atoms with Crippen LogP contribution in [-0.2, 0) is 22.5 Å². The Kier molecular flexibility index (Phi) is 11.2. The summed E-state index contributed by atoms with van der Waals surface area (Å²) < 4.78 is 18.0. The van der Waals surface area contributed by atoms with Crippen molar-refractivity contribution < 1.29 is 38.8 Å². The molecule has 10 nitrogen and oxygen atoms in total. The van der Waals surface area contributed by atoms with Crippen LogP contribution in [-0.4, -0.2) is 62.0 Å². The number of pyridine rings is 1. The summed E-state index contributed by atoms with van der Waals surface area (Å²) in [6, 6.07) is 14.1. The zero-order valence-corrected chi connectivity index (χ0v) is 30.3. The summed E-state index contributed by atoms with van der Waals surface area (Å²) in [6.45, 7) is 4.96. The number of benzene rings is 2. The molecule has 2 aromatic carbocycles. The lowest BCUT2D eigenvalue weighted by molar-refractivity contribution is -0.904. The first-order valence-electron chi connectivity index (χ1n) is 16.4. The van der Waals surface area contributed by atoms with Gasteiger partial charge in [-0.2, -0.15) is 0 Å². The molecule has 2 N–H and O–H groups in total. The van der Waals surface area contributed by atoms with Gasteiger partial charge in [-0.15, -0.1) is 11.3 Å². The highest BCUT2D eigenvalue weighted by Crippen LogP contribution is 2.41. The number of hydrogen-bond acceptors (Lipinski definition) is 10. The number of piperidine rings is 3. The average Bonchev–Trinajstić information content (AvgIpc) is 3.53. The predicted molar refractivity (Wildman–Crippen MR) is 187 cm³/mol. The van der Waals surface area contributed by atoms with Crippen molar-refractivity contribution in [3.63, 3.8) is 0 Å². The Bertz CT molecular complexity index is 1850. The highest BCUT2D eigenvalue weighted by Gasteiger charge is 2.38. The van der Waals surface area contributed by atoms with Crippen LogP contribution in [0.1, 0.15) is 67.2 Å². The SMILES string of the molecule is COc1ccc([C@H](Cc2c(Cl)c[n+](O)cc2Cl)c2cc(CNC(C(=O)O[C@H]3CN4CCC3CC4)c3ccccc3C)sc2C(=O)[O-])cc1OC. The summed E-state index contributed by atoms with van der Waals surface area (Å²) in [4.78, 5) is 29.6. The Morgan fingerprint density at radius 3 is 2.36 bits per heavy atom. The van der Waals surface area contributed by atoms with Gasteiger partial charge in [0.15, 0.2) is 11.5 Å². The van der Waals surface area contributed by atoms with E-state index in [0.29, 0.717) is 39.0 Å². The molecule has 50 heavy (non-hydrogen) atoms. The quantitative estimate of drug-likeness (QED) is 0.109. The van der Waals surface area contributed by atoms with Gasteiger partial charge in [-0.05, 0) is 85.6 Å². The number of fused-ring (bicyclic) bond motifs is 3. The monoisotopic (exact) mass is 739 g/mol. The Hall–Kier alpha value is -3.87. The van der Waals surface area contributed by atoms with Crippen molar-refractivity contribution in [1.29, 1.82) is 0 Å². The van der Waals surface area contributed by atoms with E-state index in [4.69, 9.17) is 37.4 Å². The number of nitrogens with one attached hydrogen (secondary N) is 1. The number of aromatic nitrogens is 1. The number of aromatic carboxylic acids is 1. The van der Waals surface area contributed by atoms with Crippen LogP contribution < -0.4 is 24.6 Å². The highest BCUT2D eigenvalue weighted by molar-refractivity contribution is 7.14. The first kappa shape index (κ1) is 35.9. The van der Waals surface area contributed by atoms with E-state index in [1.165, 1.54) is 26.6 Å². The molecule has 0 saturated carbocycles. The van der Waals surface area contributed by atoms with Gasteiger partial charge in [0.25, 0.3) is 0 Å². The summed E-state index contributed by atoms with van der Waals surface area (Å²) in [7, 11) is 3.06. The number of carboxylic acid groups (broad SMARTS) is 1. The van der Waals surface area contributed by atoms with Gasteiger partial charge >= 0.3 is 5.97 Å². The summed E-state index contributed by atoms with van der Waals surface area (Å²) in [5.74, 6) is -0.941. The molecular formula is C37H39Cl2N3O7S. The number of halogens is 2. The highest BCUT2D eigenvalue weighted by atomic mass is 35.5. The van der Waals surface area contributed by atoms with Crippen molar-refractivity contribution in [2.45, 2.75) is 50.8 Å². The van der Waals surface area contributed by atoms with Gasteiger partial charge in [0.05, 0.1) is 25.1 Å². The smallest absolute Gasteiger partial charge is 0.328 e. The minimum atomic E-state index is -1.34. The molecule has 2 aromatic heterocycles. The van der Waals surface area contributed by atoms with Gasteiger partial charge in [0, 0.05) is 34.2 Å². The number of carbonyl (C=O) groups excluding carboxylic acids is 2. The number of nitrogens with zero attached hydrogens (tertiary/aromatic N) is 2. The zero-order chi connectivity index (χ0) is 35.5. The van der Waals surface area contributed by atoms with Crippen LogP contribution in [0.5, 0.6) is 11.5 Å². The average molecular weight is 741 g/mol. The topological polar surface area (TPSA) is 124 Å². The lowest BCUT2D eigenvalue weighted by Gasteiger charge is -2.44.